The van der Waals surface area contributed by atoms with Crippen molar-refractivity contribution in [3.8, 4) is 0 Å². The molecule has 2 N–H and O–H groups in total. The lowest BCUT2D eigenvalue weighted by Gasteiger charge is -2.08. The number of fused-ring (bicyclic) bond motifs is 1. The molecule has 0 aliphatic heterocycles. The van der Waals surface area contributed by atoms with E-state index in [1.54, 1.807) is 17.6 Å². The van der Waals surface area contributed by atoms with Crippen molar-refractivity contribution in [1.29, 1.82) is 0 Å². The first-order valence-electron chi connectivity index (χ1n) is 7.32. The first-order chi connectivity index (χ1) is 11.8. The molecule has 0 unspecified atom stereocenters. The van der Waals surface area contributed by atoms with Gasteiger partial charge in [-0.05, 0) is 32.0 Å². The summed E-state index contributed by atoms with van der Waals surface area (Å²) in [6.45, 7) is 4.23. The number of carbonyl (C=O) groups excluding carboxylic acids is 1. The minimum absolute atomic E-state index is 0.166. The van der Waals surface area contributed by atoms with Crippen LogP contribution in [0, 0.1) is 6.92 Å². The van der Waals surface area contributed by atoms with Crippen LogP contribution in [0.15, 0.2) is 18.2 Å². The van der Waals surface area contributed by atoms with Gasteiger partial charge in [0.2, 0.25) is 0 Å². The number of aromatic carboxylic acids is 1. The van der Waals surface area contributed by atoms with Gasteiger partial charge in [0.1, 0.15) is 5.69 Å². The molecule has 0 spiro atoms. The standard InChI is InChI=1S/C16H13Cl2N3O3S/c1-3-21-7(2)11(17)12(18)13(21)14(22)20-16-19-9-5-4-8(15(23)24)6-10(9)25-16/h4-6H,3H2,1-2H3,(H,23,24)(H,19,20,22). The van der Waals surface area contributed by atoms with E-state index in [4.69, 9.17) is 28.3 Å². The number of halogens is 2. The van der Waals surface area contributed by atoms with E-state index < -0.39 is 11.9 Å². The number of amides is 1. The molecule has 1 amide bonds. The summed E-state index contributed by atoms with van der Waals surface area (Å²) in [5, 5.41) is 12.7. The van der Waals surface area contributed by atoms with Crippen molar-refractivity contribution in [2.75, 3.05) is 5.32 Å². The number of nitrogens with zero attached hydrogens (tertiary/aromatic N) is 2. The Kier molecular flexibility index (Phi) is 4.73. The van der Waals surface area contributed by atoms with Crippen molar-refractivity contribution >= 4 is 61.8 Å². The van der Waals surface area contributed by atoms with Gasteiger partial charge >= 0.3 is 5.97 Å². The minimum atomic E-state index is -1.02. The Bertz CT molecular complexity index is 1010. The minimum Gasteiger partial charge on any atom is -0.478 e. The Balaban J connectivity index is 1.95. The zero-order chi connectivity index (χ0) is 18.3. The number of carbonyl (C=O) groups is 2. The van der Waals surface area contributed by atoms with Gasteiger partial charge in [0.15, 0.2) is 5.13 Å². The normalized spacial score (nSPS) is 11.0. The third kappa shape index (κ3) is 3.10. The second-order valence-corrected chi connectivity index (χ2v) is 7.05. The van der Waals surface area contributed by atoms with Gasteiger partial charge in [-0.25, -0.2) is 9.78 Å². The van der Waals surface area contributed by atoms with E-state index >= 15 is 0 Å². The van der Waals surface area contributed by atoms with Crippen molar-refractivity contribution in [3.63, 3.8) is 0 Å². The van der Waals surface area contributed by atoms with Crippen molar-refractivity contribution in [2.24, 2.45) is 0 Å². The third-order valence-electron chi connectivity index (χ3n) is 3.78. The fourth-order valence-electron chi connectivity index (χ4n) is 2.55. The summed E-state index contributed by atoms with van der Waals surface area (Å²) in [6.07, 6.45) is 0. The molecular weight excluding hydrogens is 385 g/mol. The molecule has 0 fully saturated rings. The van der Waals surface area contributed by atoms with Gasteiger partial charge in [0.05, 0.1) is 25.8 Å². The molecule has 3 aromatic rings. The number of carboxylic acids is 1. The number of hydrogen-bond donors (Lipinski definition) is 2. The third-order valence-corrected chi connectivity index (χ3v) is 5.64. The topological polar surface area (TPSA) is 84.2 Å². The van der Waals surface area contributed by atoms with Crippen molar-refractivity contribution in [1.82, 2.24) is 9.55 Å². The summed E-state index contributed by atoms with van der Waals surface area (Å²) in [5.41, 5.74) is 1.77. The van der Waals surface area contributed by atoms with E-state index in [0.29, 0.717) is 26.9 Å². The fraction of sp³-hybridized carbons (Fsp3) is 0.188. The van der Waals surface area contributed by atoms with Gasteiger partial charge in [0.25, 0.3) is 5.91 Å². The molecule has 9 heteroatoms. The Hall–Kier alpha value is -2.09. The summed E-state index contributed by atoms with van der Waals surface area (Å²) >= 11 is 13.5. The fourth-order valence-corrected chi connectivity index (χ4v) is 3.97. The molecule has 2 heterocycles. The van der Waals surface area contributed by atoms with Gasteiger partial charge in [-0.1, -0.05) is 34.5 Å². The summed E-state index contributed by atoms with van der Waals surface area (Å²) in [7, 11) is 0. The average molecular weight is 398 g/mol. The molecule has 0 bridgehead atoms. The first-order valence-corrected chi connectivity index (χ1v) is 8.90. The van der Waals surface area contributed by atoms with Crippen LogP contribution in [0.5, 0.6) is 0 Å². The Labute approximate surface area is 157 Å². The van der Waals surface area contributed by atoms with Crippen molar-refractivity contribution in [2.45, 2.75) is 20.4 Å². The van der Waals surface area contributed by atoms with E-state index in [0.717, 1.165) is 5.69 Å². The number of carboxylic acid groups (broad SMARTS) is 1. The van der Waals surface area contributed by atoms with Crippen LogP contribution in [0.4, 0.5) is 5.13 Å². The Morgan fingerprint density at radius 3 is 2.68 bits per heavy atom. The average Bonchev–Trinajstić information content (AvgIpc) is 3.07. The van der Waals surface area contributed by atoms with Crippen LogP contribution in [-0.2, 0) is 6.54 Å². The second kappa shape index (κ2) is 6.67. The van der Waals surface area contributed by atoms with E-state index in [2.05, 4.69) is 10.3 Å². The predicted octanol–water partition coefficient (Wildman–Crippen LogP) is 4.68. The van der Waals surface area contributed by atoms with Crippen molar-refractivity contribution < 1.29 is 14.7 Å². The number of hydrogen-bond acceptors (Lipinski definition) is 4. The van der Waals surface area contributed by atoms with Gasteiger partial charge < -0.3 is 9.67 Å². The highest BCUT2D eigenvalue weighted by molar-refractivity contribution is 7.22. The van der Waals surface area contributed by atoms with Gasteiger partial charge in [-0.15, -0.1) is 0 Å². The molecule has 0 aliphatic carbocycles. The summed E-state index contributed by atoms with van der Waals surface area (Å²) in [5.74, 6) is -1.43. The highest BCUT2D eigenvalue weighted by Gasteiger charge is 2.23. The maximum atomic E-state index is 12.6. The molecule has 0 aliphatic rings. The summed E-state index contributed by atoms with van der Waals surface area (Å²) in [6, 6.07) is 4.60. The van der Waals surface area contributed by atoms with Crippen LogP contribution in [0.1, 0.15) is 33.5 Å². The van der Waals surface area contributed by atoms with Crippen LogP contribution in [0.25, 0.3) is 10.2 Å². The maximum Gasteiger partial charge on any atom is 0.335 e. The number of rotatable bonds is 4. The zero-order valence-corrected chi connectivity index (χ0v) is 15.6. The maximum absolute atomic E-state index is 12.6. The Morgan fingerprint density at radius 2 is 2.04 bits per heavy atom. The van der Waals surface area contributed by atoms with Crippen LogP contribution in [0.3, 0.4) is 0 Å². The molecule has 25 heavy (non-hydrogen) atoms. The lowest BCUT2D eigenvalue weighted by Crippen LogP contribution is -2.17. The molecule has 2 aromatic heterocycles. The molecule has 6 nitrogen and oxygen atoms in total. The number of anilines is 1. The smallest absolute Gasteiger partial charge is 0.335 e. The zero-order valence-electron chi connectivity index (χ0n) is 13.3. The second-order valence-electron chi connectivity index (χ2n) is 5.27. The van der Waals surface area contributed by atoms with E-state index in [1.807, 2.05) is 6.92 Å². The lowest BCUT2D eigenvalue weighted by atomic mass is 10.2. The monoisotopic (exact) mass is 397 g/mol. The quantitative estimate of drug-likeness (QED) is 0.668. The highest BCUT2D eigenvalue weighted by atomic mass is 35.5. The van der Waals surface area contributed by atoms with Crippen LogP contribution in [-0.4, -0.2) is 26.5 Å². The summed E-state index contributed by atoms with van der Waals surface area (Å²) < 4.78 is 2.40. The molecule has 130 valence electrons. The SMILES string of the molecule is CCn1c(C)c(Cl)c(Cl)c1C(=O)Nc1nc2ccc(C(=O)O)cc2s1. The first kappa shape index (κ1) is 17.7. The largest absolute Gasteiger partial charge is 0.478 e. The molecule has 0 saturated heterocycles. The van der Waals surface area contributed by atoms with E-state index in [9.17, 15) is 9.59 Å². The van der Waals surface area contributed by atoms with E-state index in [-0.39, 0.29) is 16.3 Å². The van der Waals surface area contributed by atoms with Crippen molar-refractivity contribution in [3.05, 3.63) is 45.2 Å². The number of aromatic nitrogens is 2. The Morgan fingerprint density at radius 1 is 1.32 bits per heavy atom. The molecule has 0 radical (unpaired) electrons. The number of benzene rings is 1. The van der Waals surface area contributed by atoms with Crippen LogP contribution in [0.2, 0.25) is 10.0 Å². The van der Waals surface area contributed by atoms with Gasteiger partial charge in [-0.2, -0.15) is 0 Å². The molecule has 1 aromatic carbocycles. The lowest BCUT2D eigenvalue weighted by molar-refractivity contribution is 0.0697. The number of thiazole rings is 1. The van der Waals surface area contributed by atoms with Gasteiger partial charge in [0, 0.05) is 12.2 Å². The molecule has 3 rings (SSSR count). The predicted molar refractivity (Wildman–Crippen MR) is 99.4 cm³/mol. The molecule has 0 saturated carbocycles. The van der Waals surface area contributed by atoms with Crippen LogP contribution >= 0.6 is 34.5 Å². The van der Waals surface area contributed by atoms with Crippen LogP contribution < -0.4 is 5.32 Å². The summed E-state index contributed by atoms with van der Waals surface area (Å²) in [4.78, 5) is 28.0. The van der Waals surface area contributed by atoms with Gasteiger partial charge in [-0.3, -0.25) is 10.1 Å². The van der Waals surface area contributed by atoms with E-state index in [1.165, 1.54) is 23.5 Å². The molecule has 0 atom stereocenters. The highest BCUT2D eigenvalue weighted by Crippen LogP contribution is 2.33. The number of nitrogens with one attached hydrogen (secondary N) is 1. The molecular formula is C16H13Cl2N3O3S.